The molecule has 2 fully saturated rings. The zero-order chi connectivity index (χ0) is 51.3. The molecule has 12 N–H and O–H groups in total. The highest BCUT2D eigenvalue weighted by molar-refractivity contribution is 7.80. The molecule has 380 valence electrons. The number of hydrogen-bond donors (Lipinski definition) is 10. The number of amides is 6. The second kappa shape index (κ2) is 24.9. The molecular formula is C43H60ClN9O15S. The highest BCUT2D eigenvalue weighted by atomic mass is 35.5. The van der Waals surface area contributed by atoms with E-state index < -0.39 is 119 Å². The minimum atomic E-state index is -5.14. The van der Waals surface area contributed by atoms with Crippen LogP contribution in [0.4, 0.5) is 0 Å². The molecular weight excluding hydrogens is 950 g/mol. The largest absolute Gasteiger partial charge is 0.508 e. The lowest BCUT2D eigenvalue weighted by atomic mass is 9.95. The number of piperidine rings is 1. The molecule has 2 heterocycles. The third-order valence-corrected chi connectivity index (χ3v) is 12.4. The average molecular weight is 1010 g/mol. The van der Waals surface area contributed by atoms with Crippen LogP contribution < -0.4 is 32.7 Å². The molecule has 2 aliphatic heterocycles. The number of carbonyl (C=O) groups excluding carboxylic acids is 7. The van der Waals surface area contributed by atoms with Gasteiger partial charge in [0.15, 0.2) is 12.1 Å². The number of fused-ring (bicyclic) bond motifs is 2. The lowest BCUT2D eigenvalue weighted by Gasteiger charge is -2.43. The van der Waals surface area contributed by atoms with Crippen LogP contribution in [-0.2, 0) is 65.7 Å². The van der Waals surface area contributed by atoms with Gasteiger partial charge in [0, 0.05) is 31.5 Å². The topological polar surface area (TPSA) is 372 Å². The van der Waals surface area contributed by atoms with Gasteiger partial charge in [0.2, 0.25) is 29.5 Å². The molecule has 0 aromatic heterocycles. The monoisotopic (exact) mass is 1010 g/mol. The summed E-state index contributed by atoms with van der Waals surface area (Å²) in [6, 6.07) is 2.63. The van der Waals surface area contributed by atoms with Crippen LogP contribution in [0.25, 0.3) is 0 Å². The maximum absolute atomic E-state index is 15.1. The van der Waals surface area contributed by atoms with E-state index in [4.69, 9.17) is 32.4 Å². The third-order valence-electron chi connectivity index (χ3n) is 11.7. The zero-order valence-corrected chi connectivity index (χ0v) is 39.9. The Bertz CT molecular complexity index is 2300. The van der Waals surface area contributed by atoms with Gasteiger partial charge in [-0.2, -0.15) is 8.42 Å². The number of hydrogen-bond acceptors (Lipinski definition) is 15. The number of guanidine groups is 1. The number of aliphatic hydroxyl groups excluding tert-OH is 2. The molecule has 0 aliphatic carbocycles. The predicted octanol–water partition coefficient (Wildman–Crippen LogP) is -1.87. The van der Waals surface area contributed by atoms with Gasteiger partial charge in [0.05, 0.1) is 0 Å². The van der Waals surface area contributed by atoms with Crippen molar-refractivity contribution in [2.75, 3.05) is 20.2 Å². The van der Waals surface area contributed by atoms with E-state index in [0.717, 1.165) is 16.7 Å². The van der Waals surface area contributed by atoms with E-state index >= 15 is 4.79 Å². The van der Waals surface area contributed by atoms with E-state index in [-0.39, 0.29) is 63.2 Å². The summed E-state index contributed by atoms with van der Waals surface area (Å²) in [6.45, 7) is 3.11. The molecule has 2 saturated heterocycles. The molecule has 0 radical (unpaired) electrons. The van der Waals surface area contributed by atoms with Gasteiger partial charge in [-0.3, -0.25) is 38.3 Å². The normalized spacial score (nSPS) is 25.4. The van der Waals surface area contributed by atoms with Crippen molar-refractivity contribution >= 4 is 69.4 Å². The Balaban J connectivity index is 1.90. The number of esters is 1. The van der Waals surface area contributed by atoms with Crippen LogP contribution >= 0.6 is 11.6 Å². The Hall–Kier alpha value is -6.12. The van der Waals surface area contributed by atoms with E-state index in [0.29, 0.717) is 16.1 Å². The fraction of sp³-hybridized carbons (Fsp3) is 0.535. The molecule has 6 amide bonds. The van der Waals surface area contributed by atoms with Crippen LogP contribution in [0.2, 0.25) is 5.02 Å². The second-order valence-electron chi connectivity index (χ2n) is 16.8. The second-order valence-corrected chi connectivity index (χ2v) is 18.3. The molecule has 2 bridgehead atoms. The van der Waals surface area contributed by atoms with Crippen LogP contribution in [0.3, 0.4) is 0 Å². The van der Waals surface area contributed by atoms with Crippen molar-refractivity contribution in [2.24, 2.45) is 22.4 Å². The smallest absolute Gasteiger partial charge is 0.397 e. The number of phenols is 1. The fourth-order valence-corrected chi connectivity index (χ4v) is 8.05. The van der Waals surface area contributed by atoms with Crippen molar-refractivity contribution in [1.29, 1.82) is 0 Å². The minimum absolute atomic E-state index is 0.0402. The lowest BCUT2D eigenvalue weighted by Crippen LogP contribution is -2.65. The van der Waals surface area contributed by atoms with Gasteiger partial charge in [-0.05, 0) is 73.9 Å². The highest BCUT2D eigenvalue weighted by Crippen LogP contribution is 2.26. The number of cyclic esters (lactones) is 1. The first-order valence-electron chi connectivity index (χ1n) is 22.0. The number of aromatic hydroxyl groups is 1. The molecule has 26 heteroatoms. The Labute approximate surface area is 403 Å². The molecule has 24 nitrogen and oxygen atoms in total. The Morgan fingerprint density at radius 2 is 1.55 bits per heavy atom. The maximum atomic E-state index is 15.1. The number of nitrogens with one attached hydrogen (secondary N) is 4. The number of aliphatic imine (C=N–C) groups is 1. The SMILES string of the molecule is CCC(C)C1NC(=O)[C@H](Cc2ccc(O)cc2)N(C)C(=O)[C@H](Cc2ccc(Cl)cc2)N2C(=O)[C@H](CC[C@H]2O)NC(=O)[C@H](CCCN=C(N)N)NC(=O)[C@@H](NC(=O)C(O)COS(=O)(=O)O)[C@H](C)OC1=O. The molecule has 2 aromatic rings. The van der Waals surface area contributed by atoms with Gasteiger partial charge < -0.3 is 62.6 Å². The number of phenolic OH excluding ortho intramolecular Hbond substituents is 1. The molecule has 0 spiro atoms. The quantitative estimate of drug-likeness (QED) is 0.0307. The van der Waals surface area contributed by atoms with Crippen molar-refractivity contribution in [3.63, 3.8) is 0 Å². The molecule has 2 aliphatic rings. The number of aliphatic hydroxyl groups is 2. The van der Waals surface area contributed by atoms with Gasteiger partial charge >= 0.3 is 16.4 Å². The van der Waals surface area contributed by atoms with Crippen molar-refractivity contribution in [2.45, 2.75) is 120 Å². The zero-order valence-electron chi connectivity index (χ0n) is 38.3. The van der Waals surface area contributed by atoms with Gasteiger partial charge in [-0.25, -0.2) is 8.98 Å². The van der Waals surface area contributed by atoms with Crippen molar-refractivity contribution < 1.29 is 70.8 Å². The number of nitrogens with two attached hydrogens (primary N) is 2. The van der Waals surface area contributed by atoms with Gasteiger partial charge in [0.1, 0.15) is 60.9 Å². The first-order valence-corrected chi connectivity index (χ1v) is 23.7. The van der Waals surface area contributed by atoms with Crippen LogP contribution in [-0.4, -0.2) is 160 Å². The first-order chi connectivity index (χ1) is 32.4. The maximum Gasteiger partial charge on any atom is 0.397 e. The van der Waals surface area contributed by atoms with Crippen LogP contribution in [0.1, 0.15) is 64.0 Å². The van der Waals surface area contributed by atoms with Crippen LogP contribution in [0.15, 0.2) is 53.5 Å². The summed E-state index contributed by atoms with van der Waals surface area (Å²) in [4.78, 5) is 106. The standard InChI is InChI=1S/C43H60ClN9O15S/c1-5-22(2)34-42(63)68-23(3)35(51-38(59)32(55)21-67-69(64,65)66)39(60)48-28(7-6-18-47-43(45)46)36(57)49-29-16-17-33(56)53(40(29)61)31(20-24-8-12-26(44)13-9-24)41(62)52(4)30(37(58)50-34)19-25-10-14-27(54)15-11-25/h8-15,22-23,28-35,54-56H,5-7,16-21H2,1-4H3,(H,48,60)(H,49,57)(H,50,58)(H,51,59)(H4,45,46,47)(H,64,65,66)/t22?,23-,28-,29-,30-,31-,32?,33+,34?,35-/m0/s1. The summed E-state index contributed by atoms with van der Waals surface area (Å²) in [5.41, 5.74) is 11.9. The third kappa shape index (κ3) is 16.0. The summed E-state index contributed by atoms with van der Waals surface area (Å²) >= 11 is 6.17. The summed E-state index contributed by atoms with van der Waals surface area (Å²) in [7, 11) is -3.84. The highest BCUT2D eigenvalue weighted by Gasteiger charge is 2.46. The molecule has 69 heavy (non-hydrogen) atoms. The Morgan fingerprint density at radius 3 is 2.14 bits per heavy atom. The van der Waals surface area contributed by atoms with Gasteiger partial charge in [-0.15, -0.1) is 0 Å². The number of benzene rings is 2. The molecule has 2 aromatic carbocycles. The van der Waals surface area contributed by atoms with E-state index in [2.05, 4.69) is 30.4 Å². The number of ether oxygens (including phenoxy) is 1. The number of likely N-dealkylation sites (N-methyl/N-ethyl adjacent to an activating group) is 1. The summed E-state index contributed by atoms with van der Waals surface area (Å²) in [6.07, 6.45) is -6.26. The minimum Gasteiger partial charge on any atom is -0.508 e. The summed E-state index contributed by atoms with van der Waals surface area (Å²) in [5.74, 6) is -8.45. The Morgan fingerprint density at radius 1 is 0.942 bits per heavy atom. The van der Waals surface area contributed by atoms with E-state index in [1.165, 1.54) is 31.3 Å². The number of rotatable bonds is 15. The lowest BCUT2D eigenvalue weighted by molar-refractivity contribution is -0.165. The van der Waals surface area contributed by atoms with Crippen LogP contribution in [0, 0.1) is 5.92 Å². The van der Waals surface area contributed by atoms with E-state index in [1.807, 2.05) is 0 Å². The van der Waals surface area contributed by atoms with E-state index in [9.17, 15) is 52.5 Å². The molecule has 3 unspecified atom stereocenters. The van der Waals surface area contributed by atoms with E-state index in [1.54, 1.807) is 38.1 Å². The predicted molar refractivity (Wildman–Crippen MR) is 246 cm³/mol. The van der Waals surface area contributed by atoms with Crippen molar-refractivity contribution in [3.05, 3.63) is 64.7 Å². The average Bonchev–Trinajstić information content (AvgIpc) is 3.29. The molecule has 4 rings (SSSR count). The molecule has 0 saturated carbocycles. The number of carbonyl (C=O) groups is 7. The summed E-state index contributed by atoms with van der Waals surface area (Å²) in [5, 5.41) is 42.2. The number of halogens is 1. The fourth-order valence-electron chi connectivity index (χ4n) is 7.62. The van der Waals surface area contributed by atoms with Crippen molar-refractivity contribution in [1.82, 2.24) is 31.1 Å². The van der Waals surface area contributed by atoms with Crippen molar-refractivity contribution in [3.8, 4) is 5.75 Å². The summed E-state index contributed by atoms with van der Waals surface area (Å²) < 4.78 is 41.2. The van der Waals surface area contributed by atoms with Crippen LogP contribution in [0.5, 0.6) is 5.75 Å². The number of nitrogens with zero attached hydrogens (tertiary/aromatic N) is 3. The first kappa shape index (κ1) is 55.5. The Kier molecular flexibility index (Phi) is 20.1. The van der Waals surface area contributed by atoms with Gasteiger partial charge in [-0.1, -0.05) is 56.1 Å². The van der Waals surface area contributed by atoms with Gasteiger partial charge in [0.25, 0.3) is 5.91 Å². The molecule has 10 atom stereocenters.